The summed E-state index contributed by atoms with van der Waals surface area (Å²) in [4.78, 5) is 6.72. The molecule has 0 aromatic heterocycles. The lowest BCUT2D eigenvalue weighted by molar-refractivity contribution is 0.000878. The number of hydrogen-bond donors (Lipinski definition) is 1. The molecule has 1 saturated carbocycles. The van der Waals surface area contributed by atoms with E-state index in [1.54, 1.807) is 19.2 Å². The number of ether oxygens (including phenoxy) is 2. The third-order valence-corrected chi connectivity index (χ3v) is 5.97. The van der Waals surface area contributed by atoms with Crippen LogP contribution in [-0.4, -0.2) is 57.4 Å². The number of nitrogens with zero attached hydrogens (tertiary/aromatic N) is 2. The van der Waals surface area contributed by atoms with Gasteiger partial charge in [0.05, 0.1) is 12.2 Å². The lowest BCUT2D eigenvalue weighted by Crippen LogP contribution is -2.48. The van der Waals surface area contributed by atoms with Crippen LogP contribution in [0.5, 0.6) is 0 Å². The van der Waals surface area contributed by atoms with Crippen molar-refractivity contribution in [1.29, 1.82) is 0 Å². The number of benzene rings is 1. The van der Waals surface area contributed by atoms with Crippen LogP contribution < -0.4 is 5.32 Å². The molecule has 1 atom stereocenters. The van der Waals surface area contributed by atoms with Gasteiger partial charge in [0.2, 0.25) is 0 Å². The molecule has 28 heavy (non-hydrogen) atoms. The molecule has 5 nitrogen and oxygen atoms in total. The Morgan fingerprint density at radius 2 is 1.86 bits per heavy atom. The predicted octanol–water partition coefficient (Wildman–Crippen LogP) is 3.76. The number of nitrogens with one attached hydrogen (secondary N) is 1. The smallest absolute Gasteiger partial charge is 0.193 e. The number of aliphatic imine (C=N–C) groups is 1. The molecule has 1 heterocycles. The fourth-order valence-electron chi connectivity index (χ4n) is 4.21. The average molecular weight is 392 g/mol. The van der Waals surface area contributed by atoms with Gasteiger partial charge in [-0.2, -0.15) is 0 Å². The standard InChI is InChI=1S/C22H34FN3O2/c1-24-22(25-15-21(27-2)18-7-9-19(23)10-8-18)26-13-11-20(12-14-26)28-16-17-5-3-4-6-17/h7-10,17,20-21H,3-6,11-16H2,1-2H3,(H,24,25). The van der Waals surface area contributed by atoms with Crippen molar-refractivity contribution >= 4 is 5.96 Å². The normalized spacial score (nSPS) is 20.5. The molecule has 2 aliphatic rings. The van der Waals surface area contributed by atoms with Crippen LogP contribution in [0.3, 0.4) is 0 Å². The van der Waals surface area contributed by atoms with Gasteiger partial charge in [0.1, 0.15) is 5.82 Å². The summed E-state index contributed by atoms with van der Waals surface area (Å²) in [5.41, 5.74) is 0.950. The van der Waals surface area contributed by atoms with Crippen LogP contribution in [0, 0.1) is 11.7 Å². The van der Waals surface area contributed by atoms with Crippen LogP contribution in [0.4, 0.5) is 4.39 Å². The van der Waals surface area contributed by atoms with E-state index in [-0.39, 0.29) is 11.9 Å². The molecule has 1 unspecified atom stereocenters. The Bertz CT molecular complexity index is 609. The number of piperidine rings is 1. The molecule has 0 radical (unpaired) electrons. The molecule has 0 spiro atoms. The molecule has 2 fully saturated rings. The molecular weight excluding hydrogens is 357 g/mol. The fourth-order valence-corrected chi connectivity index (χ4v) is 4.21. The van der Waals surface area contributed by atoms with Gasteiger partial charge in [0.25, 0.3) is 0 Å². The zero-order valence-electron chi connectivity index (χ0n) is 17.2. The molecule has 6 heteroatoms. The van der Waals surface area contributed by atoms with Gasteiger partial charge in [-0.15, -0.1) is 0 Å². The molecule has 1 N–H and O–H groups in total. The second-order valence-electron chi connectivity index (χ2n) is 7.87. The lowest BCUT2D eigenvalue weighted by Gasteiger charge is -2.35. The van der Waals surface area contributed by atoms with Crippen molar-refractivity contribution in [2.75, 3.05) is 40.4 Å². The van der Waals surface area contributed by atoms with Crippen molar-refractivity contribution in [3.63, 3.8) is 0 Å². The van der Waals surface area contributed by atoms with E-state index >= 15 is 0 Å². The summed E-state index contributed by atoms with van der Waals surface area (Å²) in [7, 11) is 3.48. The second-order valence-corrected chi connectivity index (χ2v) is 7.87. The summed E-state index contributed by atoms with van der Waals surface area (Å²) in [5.74, 6) is 1.43. The largest absolute Gasteiger partial charge is 0.378 e. The first-order valence-corrected chi connectivity index (χ1v) is 10.5. The van der Waals surface area contributed by atoms with Crippen LogP contribution in [0.15, 0.2) is 29.3 Å². The van der Waals surface area contributed by atoms with E-state index in [9.17, 15) is 4.39 Å². The van der Waals surface area contributed by atoms with Crippen LogP contribution >= 0.6 is 0 Å². The van der Waals surface area contributed by atoms with Crippen LogP contribution in [0.25, 0.3) is 0 Å². The summed E-state index contributed by atoms with van der Waals surface area (Å²) < 4.78 is 24.9. The Hall–Kier alpha value is -1.66. The van der Waals surface area contributed by atoms with Gasteiger partial charge in [-0.1, -0.05) is 25.0 Å². The quantitative estimate of drug-likeness (QED) is 0.568. The van der Waals surface area contributed by atoms with Crippen LogP contribution in [0.1, 0.15) is 50.2 Å². The van der Waals surface area contributed by atoms with E-state index in [1.165, 1.54) is 37.8 Å². The van der Waals surface area contributed by atoms with Crippen molar-refractivity contribution in [3.8, 4) is 0 Å². The third kappa shape index (κ3) is 5.92. The maximum absolute atomic E-state index is 13.1. The highest BCUT2D eigenvalue weighted by molar-refractivity contribution is 5.80. The van der Waals surface area contributed by atoms with Crippen molar-refractivity contribution in [2.24, 2.45) is 10.9 Å². The Kier molecular flexibility index (Phi) is 8.10. The molecule has 1 aromatic rings. The zero-order chi connectivity index (χ0) is 19.8. The van der Waals surface area contributed by atoms with Gasteiger partial charge in [-0.3, -0.25) is 4.99 Å². The number of halogens is 1. The monoisotopic (exact) mass is 391 g/mol. The van der Waals surface area contributed by atoms with Gasteiger partial charge in [0, 0.05) is 40.4 Å². The van der Waals surface area contributed by atoms with Gasteiger partial charge in [-0.05, 0) is 49.3 Å². The summed E-state index contributed by atoms with van der Waals surface area (Å²) in [6, 6.07) is 6.46. The van der Waals surface area contributed by atoms with E-state index in [2.05, 4.69) is 15.2 Å². The molecule has 156 valence electrons. The van der Waals surface area contributed by atoms with Crippen molar-refractivity contribution < 1.29 is 13.9 Å². The van der Waals surface area contributed by atoms with E-state index in [4.69, 9.17) is 9.47 Å². The van der Waals surface area contributed by atoms with Gasteiger partial charge < -0.3 is 19.7 Å². The Labute approximate surface area is 168 Å². The SMILES string of the molecule is CN=C(NCC(OC)c1ccc(F)cc1)N1CCC(OCC2CCCC2)CC1. The molecule has 0 amide bonds. The summed E-state index contributed by atoms with van der Waals surface area (Å²) in [5, 5.41) is 3.41. The number of guanidine groups is 1. The molecule has 1 saturated heterocycles. The molecule has 3 rings (SSSR count). The number of rotatable bonds is 7. The maximum atomic E-state index is 13.1. The van der Waals surface area contributed by atoms with E-state index < -0.39 is 0 Å². The minimum absolute atomic E-state index is 0.148. The minimum Gasteiger partial charge on any atom is -0.378 e. The zero-order valence-corrected chi connectivity index (χ0v) is 17.2. The molecule has 1 aromatic carbocycles. The van der Waals surface area contributed by atoms with Crippen LogP contribution in [0.2, 0.25) is 0 Å². The Morgan fingerprint density at radius 1 is 1.18 bits per heavy atom. The highest BCUT2D eigenvalue weighted by Crippen LogP contribution is 2.26. The first kappa shape index (κ1) is 21.1. The maximum Gasteiger partial charge on any atom is 0.193 e. The van der Waals surface area contributed by atoms with E-state index in [0.29, 0.717) is 12.6 Å². The third-order valence-electron chi connectivity index (χ3n) is 5.97. The summed E-state index contributed by atoms with van der Waals surface area (Å²) in [6.07, 6.45) is 7.72. The summed E-state index contributed by atoms with van der Waals surface area (Å²) in [6.45, 7) is 3.42. The fraction of sp³-hybridized carbons (Fsp3) is 0.682. The highest BCUT2D eigenvalue weighted by Gasteiger charge is 2.24. The topological polar surface area (TPSA) is 46.1 Å². The van der Waals surface area contributed by atoms with Crippen molar-refractivity contribution in [3.05, 3.63) is 35.6 Å². The van der Waals surface area contributed by atoms with Gasteiger partial charge in [0.15, 0.2) is 5.96 Å². The molecule has 1 aliphatic heterocycles. The number of likely N-dealkylation sites (tertiary alicyclic amines) is 1. The highest BCUT2D eigenvalue weighted by atomic mass is 19.1. The average Bonchev–Trinajstić information content (AvgIpc) is 3.25. The van der Waals surface area contributed by atoms with E-state index in [0.717, 1.165) is 50.0 Å². The number of methoxy groups -OCH3 is 1. The second kappa shape index (κ2) is 10.8. The number of hydrogen-bond acceptors (Lipinski definition) is 3. The van der Waals surface area contributed by atoms with Gasteiger partial charge >= 0.3 is 0 Å². The predicted molar refractivity (Wildman–Crippen MR) is 110 cm³/mol. The van der Waals surface area contributed by atoms with Gasteiger partial charge in [-0.25, -0.2) is 4.39 Å². The first-order valence-electron chi connectivity index (χ1n) is 10.5. The van der Waals surface area contributed by atoms with E-state index in [1.807, 2.05) is 7.05 Å². The van der Waals surface area contributed by atoms with Crippen molar-refractivity contribution in [2.45, 2.75) is 50.7 Å². The minimum atomic E-state index is -0.236. The molecule has 1 aliphatic carbocycles. The Morgan fingerprint density at radius 3 is 2.46 bits per heavy atom. The summed E-state index contributed by atoms with van der Waals surface area (Å²) >= 11 is 0. The lowest BCUT2D eigenvalue weighted by atomic mass is 10.1. The molecule has 0 bridgehead atoms. The van der Waals surface area contributed by atoms with Crippen LogP contribution in [-0.2, 0) is 9.47 Å². The Balaban J connectivity index is 1.43. The molecular formula is C22H34FN3O2. The van der Waals surface area contributed by atoms with Crippen molar-refractivity contribution in [1.82, 2.24) is 10.2 Å². The first-order chi connectivity index (χ1) is 13.7.